The van der Waals surface area contributed by atoms with Crippen LogP contribution in [0.4, 0.5) is 4.39 Å². The number of carbonyl (C=O) groups excluding carboxylic acids is 1. The molecule has 1 unspecified atom stereocenters. The minimum absolute atomic E-state index is 0. The van der Waals surface area contributed by atoms with Crippen molar-refractivity contribution in [1.82, 2.24) is 4.90 Å². The van der Waals surface area contributed by atoms with Gasteiger partial charge in [0.1, 0.15) is 17.3 Å². The number of hydrogen-bond acceptors (Lipinski definition) is 3. The SMILES string of the molecule is COc1ccc2c(c1)C(C)N(CCCC(CCCC(=O)CCc1ccc(F)cc1)(c1ccccc1)c1ccccc1)CC2.Cl. The predicted octanol–water partition coefficient (Wildman–Crippen LogP) is 9.31. The molecule has 0 saturated carbocycles. The fraction of sp³-hybridized carbons (Fsp3) is 0.359. The maximum absolute atomic E-state index is 13.3. The fourth-order valence-corrected chi connectivity index (χ4v) is 6.89. The van der Waals surface area contributed by atoms with Crippen molar-refractivity contribution >= 4 is 18.2 Å². The van der Waals surface area contributed by atoms with Gasteiger partial charge in [0, 0.05) is 30.8 Å². The number of carbonyl (C=O) groups is 1. The van der Waals surface area contributed by atoms with Crippen molar-refractivity contribution in [2.45, 2.75) is 69.7 Å². The summed E-state index contributed by atoms with van der Waals surface area (Å²) in [4.78, 5) is 15.6. The lowest BCUT2D eigenvalue weighted by Crippen LogP contribution is -2.36. The van der Waals surface area contributed by atoms with E-state index in [-0.39, 0.29) is 29.4 Å². The smallest absolute Gasteiger partial charge is 0.133 e. The summed E-state index contributed by atoms with van der Waals surface area (Å²) in [5.74, 6) is 0.954. The second kappa shape index (κ2) is 16.0. The number of halogens is 2. The van der Waals surface area contributed by atoms with E-state index in [2.05, 4.69) is 90.7 Å². The minimum atomic E-state index is -0.243. The van der Waals surface area contributed by atoms with Crippen molar-refractivity contribution in [3.05, 3.63) is 137 Å². The third kappa shape index (κ3) is 8.16. The average Bonchev–Trinajstić information content (AvgIpc) is 3.05. The van der Waals surface area contributed by atoms with E-state index < -0.39 is 0 Å². The van der Waals surface area contributed by atoms with Gasteiger partial charge in [0.2, 0.25) is 0 Å². The third-order valence-electron chi connectivity index (χ3n) is 9.39. The zero-order chi connectivity index (χ0) is 30.1. The summed E-state index contributed by atoms with van der Waals surface area (Å²) in [7, 11) is 1.73. The summed E-state index contributed by atoms with van der Waals surface area (Å²) in [6.45, 7) is 4.40. The number of ether oxygens (including phenoxy) is 1. The van der Waals surface area contributed by atoms with E-state index in [9.17, 15) is 9.18 Å². The summed E-state index contributed by atoms with van der Waals surface area (Å²) < 4.78 is 18.8. The number of aryl methyl sites for hydroxylation is 1. The molecular formula is C39H45ClFNO2. The molecule has 0 aromatic heterocycles. The van der Waals surface area contributed by atoms with Crippen molar-refractivity contribution in [3.63, 3.8) is 0 Å². The van der Waals surface area contributed by atoms with Gasteiger partial charge in [-0.2, -0.15) is 0 Å². The Labute approximate surface area is 268 Å². The second-order valence-corrected chi connectivity index (χ2v) is 12.0. The molecule has 3 nitrogen and oxygen atoms in total. The molecule has 0 bridgehead atoms. The summed E-state index contributed by atoms with van der Waals surface area (Å²) >= 11 is 0. The van der Waals surface area contributed by atoms with Gasteiger partial charge in [-0.25, -0.2) is 4.39 Å². The lowest BCUT2D eigenvalue weighted by atomic mass is 9.68. The van der Waals surface area contributed by atoms with Gasteiger partial charge in [-0.15, -0.1) is 12.4 Å². The molecular weight excluding hydrogens is 569 g/mol. The monoisotopic (exact) mass is 613 g/mol. The molecule has 1 atom stereocenters. The number of rotatable bonds is 14. The quantitative estimate of drug-likeness (QED) is 0.142. The van der Waals surface area contributed by atoms with Gasteiger partial charge in [-0.3, -0.25) is 9.69 Å². The molecule has 232 valence electrons. The van der Waals surface area contributed by atoms with E-state index in [0.29, 0.717) is 25.3 Å². The Hall–Kier alpha value is -3.47. The summed E-state index contributed by atoms with van der Waals surface area (Å²) in [6.07, 6.45) is 6.60. The lowest BCUT2D eigenvalue weighted by molar-refractivity contribution is -0.119. The van der Waals surface area contributed by atoms with E-state index in [1.807, 2.05) is 0 Å². The van der Waals surface area contributed by atoms with Gasteiger partial charge in [0.05, 0.1) is 7.11 Å². The van der Waals surface area contributed by atoms with Crippen LogP contribution in [0.1, 0.15) is 79.3 Å². The fourth-order valence-electron chi connectivity index (χ4n) is 6.89. The number of ketones is 1. The Morgan fingerprint density at radius 1 is 0.864 bits per heavy atom. The largest absolute Gasteiger partial charge is 0.497 e. The molecule has 0 spiro atoms. The molecule has 0 N–H and O–H groups in total. The zero-order valence-electron chi connectivity index (χ0n) is 26.0. The zero-order valence-corrected chi connectivity index (χ0v) is 26.8. The Kier molecular flexibility index (Phi) is 12.2. The molecule has 4 aromatic carbocycles. The third-order valence-corrected chi connectivity index (χ3v) is 9.39. The van der Waals surface area contributed by atoms with Crippen LogP contribution in [-0.2, 0) is 23.1 Å². The summed E-state index contributed by atoms with van der Waals surface area (Å²) in [6, 6.07) is 35.1. The molecule has 1 aliphatic heterocycles. The molecule has 1 aliphatic rings. The van der Waals surface area contributed by atoms with E-state index >= 15 is 0 Å². The minimum Gasteiger partial charge on any atom is -0.497 e. The standard InChI is InChI=1S/C39H44FNO2.ClH/c1-30-38-29-37(43-2)23-19-32(38)24-28-41(30)27-10-26-39(33-11-5-3-6-12-33,34-13-7-4-8-14-34)25-9-15-36(42)22-18-31-16-20-35(40)21-17-31;/h3-8,11-14,16-17,19-21,23,29-30H,9-10,15,18,22,24-28H2,1-2H3;1H. The first kappa shape index (κ1) is 33.4. The number of hydrogen-bond donors (Lipinski definition) is 0. The van der Waals surface area contributed by atoms with E-state index in [0.717, 1.165) is 56.5 Å². The highest BCUT2D eigenvalue weighted by Gasteiger charge is 2.34. The Balaban J connectivity index is 0.00000442. The maximum atomic E-state index is 13.3. The van der Waals surface area contributed by atoms with Crippen molar-refractivity contribution in [1.29, 1.82) is 0 Å². The predicted molar refractivity (Wildman–Crippen MR) is 180 cm³/mol. The van der Waals surface area contributed by atoms with Crippen LogP contribution in [-0.4, -0.2) is 30.9 Å². The van der Waals surface area contributed by atoms with Gasteiger partial charge < -0.3 is 4.74 Å². The van der Waals surface area contributed by atoms with Crippen LogP contribution >= 0.6 is 12.4 Å². The molecule has 0 radical (unpaired) electrons. The summed E-state index contributed by atoms with van der Waals surface area (Å²) in [5, 5.41) is 0. The number of fused-ring (bicyclic) bond motifs is 1. The van der Waals surface area contributed by atoms with Crippen LogP contribution in [0.25, 0.3) is 0 Å². The Bertz CT molecular complexity index is 1420. The molecule has 0 fully saturated rings. The van der Waals surface area contributed by atoms with Gasteiger partial charge >= 0.3 is 0 Å². The molecule has 0 aliphatic carbocycles. The van der Waals surface area contributed by atoms with Crippen LogP contribution in [0.2, 0.25) is 0 Å². The highest BCUT2D eigenvalue weighted by Crippen LogP contribution is 2.42. The first-order valence-corrected chi connectivity index (χ1v) is 15.8. The lowest BCUT2D eigenvalue weighted by Gasteiger charge is -2.39. The maximum Gasteiger partial charge on any atom is 0.133 e. The normalized spacial score (nSPS) is 14.8. The van der Waals surface area contributed by atoms with Gasteiger partial charge in [-0.05, 0) is 104 Å². The van der Waals surface area contributed by atoms with Crippen LogP contribution in [0.3, 0.4) is 0 Å². The van der Waals surface area contributed by atoms with E-state index in [4.69, 9.17) is 4.74 Å². The number of methoxy groups -OCH3 is 1. The first-order chi connectivity index (χ1) is 21.0. The molecule has 5 rings (SSSR count). The Morgan fingerprint density at radius 3 is 2.14 bits per heavy atom. The summed E-state index contributed by atoms with van der Waals surface area (Å²) in [5.41, 5.74) is 6.28. The van der Waals surface area contributed by atoms with Crippen LogP contribution in [0, 0.1) is 5.82 Å². The van der Waals surface area contributed by atoms with Crippen molar-refractivity contribution < 1.29 is 13.9 Å². The van der Waals surface area contributed by atoms with Gasteiger partial charge in [0.15, 0.2) is 0 Å². The van der Waals surface area contributed by atoms with Crippen molar-refractivity contribution in [3.8, 4) is 5.75 Å². The topological polar surface area (TPSA) is 29.5 Å². The average molecular weight is 614 g/mol. The molecule has 0 amide bonds. The molecule has 1 heterocycles. The second-order valence-electron chi connectivity index (χ2n) is 12.0. The van der Waals surface area contributed by atoms with Gasteiger partial charge in [-0.1, -0.05) is 78.9 Å². The Morgan fingerprint density at radius 2 is 1.50 bits per heavy atom. The molecule has 44 heavy (non-hydrogen) atoms. The van der Waals surface area contributed by atoms with Crippen molar-refractivity contribution in [2.24, 2.45) is 0 Å². The first-order valence-electron chi connectivity index (χ1n) is 15.8. The number of benzene rings is 4. The van der Waals surface area contributed by atoms with Crippen LogP contribution in [0.5, 0.6) is 5.75 Å². The van der Waals surface area contributed by atoms with Crippen LogP contribution in [0.15, 0.2) is 103 Å². The van der Waals surface area contributed by atoms with E-state index in [1.54, 1.807) is 19.2 Å². The molecule has 5 heteroatoms. The van der Waals surface area contributed by atoms with Crippen molar-refractivity contribution in [2.75, 3.05) is 20.2 Å². The van der Waals surface area contributed by atoms with E-state index in [1.165, 1.54) is 34.4 Å². The van der Waals surface area contributed by atoms with Crippen LogP contribution < -0.4 is 4.74 Å². The van der Waals surface area contributed by atoms with Gasteiger partial charge in [0.25, 0.3) is 0 Å². The highest BCUT2D eigenvalue weighted by molar-refractivity contribution is 5.85. The molecule has 0 saturated heterocycles. The molecule has 4 aromatic rings. The number of nitrogens with zero attached hydrogens (tertiary/aromatic N) is 1. The highest BCUT2D eigenvalue weighted by atomic mass is 35.5. The number of Topliss-reactive ketones (excluding diaryl/α,β-unsaturated/α-hetero) is 1.